The number of anilines is 2. The molecule has 2 rings (SSSR count). The standard InChI is InChI=1S/C10H7FIN3/c11-9-5-10(14-6-13-9)15-8-3-1-2-7(12)4-8/h1-6H,(H,13,14,15). The van der Waals surface area contributed by atoms with Crippen LogP contribution in [0.1, 0.15) is 0 Å². The van der Waals surface area contributed by atoms with Crippen LogP contribution in [0.15, 0.2) is 36.7 Å². The van der Waals surface area contributed by atoms with Gasteiger partial charge in [0, 0.05) is 15.3 Å². The second-order valence-corrected chi connectivity index (χ2v) is 4.11. The first-order valence-electron chi connectivity index (χ1n) is 4.24. The molecule has 0 aliphatic carbocycles. The lowest BCUT2D eigenvalue weighted by Crippen LogP contribution is -1.95. The van der Waals surface area contributed by atoms with Crippen LogP contribution in [-0.4, -0.2) is 9.97 Å². The molecule has 0 atom stereocenters. The van der Waals surface area contributed by atoms with E-state index < -0.39 is 5.95 Å². The summed E-state index contributed by atoms with van der Waals surface area (Å²) in [5.41, 5.74) is 0.875. The molecule has 0 aliphatic rings. The molecule has 0 spiro atoms. The van der Waals surface area contributed by atoms with Crippen molar-refractivity contribution in [2.75, 3.05) is 5.32 Å². The summed E-state index contributed by atoms with van der Waals surface area (Å²) in [5, 5.41) is 2.99. The fourth-order valence-electron chi connectivity index (χ4n) is 1.12. The van der Waals surface area contributed by atoms with Gasteiger partial charge in [0.05, 0.1) is 0 Å². The lowest BCUT2D eigenvalue weighted by molar-refractivity contribution is 0.580. The Bertz CT molecular complexity index is 432. The van der Waals surface area contributed by atoms with Gasteiger partial charge in [-0.15, -0.1) is 0 Å². The van der Waals surface area contributed by atoms with Gasteiger partial charge >= 0.3 is 0 Å². The highest BCUT2D eigenvalue weighted by atomic mass is 127. The Morgan fingerprint density at radius 3 is 2.80 bits per heavy atom. The van der Waals surface area contributed by atoms with Crippen LogP contribution < -0.4 is 5.32 Å². The molecule has 3 nitrogen and oxygen atoms in total. The van der Waals surface area contributed by atoms with E-state index in [1.165, 1.54) is 12.4 Å². The van der Waals surface area contributed by atoms with Gasteiger partial charge in [-0.25, -0.2) is 9.97 Å². The van der Waals surface area contributed by atoms with Gasteiger partial charge in [0.15, 0.2) is 0 Å². The van der Waals surface area contributed by atoms with Crippen LogP contribution in [0.2, 0.25) is 0 Å². The van der Waals surface area contributed by atoms with E-state index in [0.29, 0.717) is 5.82 Å². The highest BCUT2D eigenvalue weighted by Gasteiger charge is 1.98. The molecule has 0 saturated heterocycles. The van der Waals surface area contributed by atoms with Gasteiger partial charge in [-0.1, -0.05) is 6.07 Å². The lowest BCUT2D eigenvalue weighted by atomic mass is 10.3. The van der Waals surface area contributed by atoms with E-state index in [1.54, 1.807) is 0 Å². The van der Waals surface area contributed by atoms with Crippen molar-refractivity contribution < 1.29 is 4.39 Å². The minimum absolute atomic E-state index is 0.449. The minimum atomic E-state index is -0.543. The van der Waals surface area contributed by atoms with E-state index in [9.17, 15) is 4.39 Å². The summed E-state index contributed by atoms with van der Waals surface area (Å²) in [6.07, 6.45) is 1.19. The molecule has 2 aromatic rings. The third kappa shape index (κ3) is 2.85. The van der Waals surface area contributed by atoms with Crippen molar-refractivity contribution in [3.05, 3.63) is 46.2 Å². The highest BCUT2D eigenvalue weighted by molar-refractivity contribution is 14.1. The molecule has 15 heavy (non-hydrogen) atoms. The largest absolute Gasteiger partial charge is 0.340 e. The van der Waals surface area contributed by atoms with Crippen molar-refractivity contribution in [3.63, 3.8) is 0 Å². The summed E-state index contributed by atoms with van der Waals surface area (Å²) < 4.78 is 13.9. The van der Waals surface area contributed by atoms with E-state index in [2.05, 4.69) is 37.9 Å². The van der Waals surface area contributed by atoms with Crippen LogP contribution in [0.3, 0.4) is 0 Å². The third-order valence-electron chi connectivity index (χ3n) is 1.73. The molecular formula is C10H7FIN3. The fraction of sp³-hybridized carbons (Fsp3) is 0. The quantitative estimate of drug-likeness (QED) is 0.684. The summed E-state index contributed by atoms with van der Waals surface area (Å²) in [6, 6.07) is 8.98. The van der Waals surface area contributed by atoms with Crippen molar-refractivity contribution in [2.24, 2.45) is 0 Å². The average Bonchev–Trinajstić information content (AvgIpc) is 2.17. The van der Waals surface area contributed by atoms with E-state index >= 15 is 0 Å². The highest BCUT2D eigenvalue weighted by Crippen LogP contribution is 2.16. The first-order chi connectivity index (χ1) is 7.24. The zero-order chi connectivity index (χ0) is 10.7. The van der Waals surface area contributed by atoms with Gasteiger partial charge in [0.1, 0.15) is 12.1 Å². The number of aromatic nitrogens is 2. The van der Waals surface area contributed by atoms with Gasteiger partial charge in [0.25, 0.3) is 0 Å². The molecule has 0 fully saturated rings. The van der Waals surface area contributed by atoms with Crippen LogP contribution in [0.4, 0.5) is 15.9 Å². The summed E-state index contributed by atoms with van der Waals surface area (Å²) in [6.45, 7) is 0. The first kappa shape index (κ1) is 10.3. The zero-order valence-corrected chi connectivity index (χ0v) is 9.77. The Morgan fingerprint density at radius 1 is 1.20 bits per heavy atom. The Morgan fingerprint density at radius 2 is 2.07 bits per heavy atom. The van der Waals surface area contributed by atoms with Crippen LogP contribution >= 0.6 is 22.6 Å². The summed E-state index contributed by atoms with van der Waals surface area (Å²) in [7, 11) is 0. The minimum Gasteiger partial charge on any atom is -0.340 e. The normalized spacial score (nSPS) is 10.0. The molecule has 1 heterocycles. The molecular weight excluding hydrogens is 308 g/mol. The number of hydrogen-bond donors (Lipinski definition) is 1. The van der Waals surface area contributed by atoms with Gasteiger partial charge in [-0.3, -0.25) is 0 Å². The van der Waals surface area contributed by atoms with Gasteiger partial charge in [0.2, 0.25) is 5.95 Å². The van der Waals surface area contributed by atoms with E-state index in [1.807, 2.05) is 24.3 Å². The molecule has 76 valence electrons. The number of halogens is 2. The second kappa shape index (κ2) is 4.52. The van der Waals surface area contributed by atoms with Gasteiger partial charge < -0.3 is 5.32 Å². The Labute approximate surface area is 99.9 Å². The first-order valence-corrected chi connectivity index (χ1v) is 5.32. The number of nitrogens with zero attached hydrogens (tertiary/aromatic N) is 2. The molecule has 0 amide bonds. The zero-order valence-electron chi connectivity index (χ0n) is 7.61. The van der Waals surface area contributed by atoms with Crippen molar-refractivity contribution in [1.29, 1.82) is 0 Å². The fourth-order valence-corrected chi connectivity index (χ4v) is 1.66. The molecule has 0 unspecified atom stereocenters. The predicted molar refractivity (Wildman–Crippen MR) is 64.4 cm³/mol. The topological polar surface area (TPSA) is 37.8 Å². The maximum Gasteiger partial charge on any atom is 0.218 e. The number of rotatable bonds is 2. The molecule has 0 saturated carbocycles. The van der Waals surface area contributed by atoms with Crippen molar-refractivity contribution in [1.82, 2.24) is 9.97 Å². The van der Waals surface area contributed by atoms with Crippen LogP contribution in [-0.2, 0) is 0 Å². The van der Waals surface area contributed by atoms with Crippen LogP contribution in [0.5, 0.6) is 0 Å². The number of nitrogens with one attached hydrogen (secondary N) is 1. The molecule has 1 aromatic carbocycles. The van der Waals surface area contributed by atoms with Crippen LogP contribution in [0.25, 0.3) is 0 Å². The Hall–Kier alpha value is -1.24. The SMILES string of the molecule is Fc1cc(Nc2cccc(I)c2)ncn1. The summed E-state index contributed by atoms with van der Waals surface area (Å²) in [5.74, 6) is -0.0948. The Kier molecular flexibility index (Phi) is 3.10. The third-order valence-corrected chi connectivity index (χ3v) is 2.40. The number of hydrogen-bond acceptors (Lipinski definition) is 3. The monoisotopic (exact) mass is 315 g/mol. The van der Waals surface area contributed by atoms with E-state index in [0.717, 1.165) is 9.26 Å². The van der Waals surface area contributed by atoms with Gasteiger partial charge in [-0.05, 0) is 40.8 Å². The number of benzene rings is 1. The molecule has 0 aliphatic heterocycles. The Balaban J connectivity index is 2.22. The van der Waals surface area contributed by atoms with E-state index in [4.69, 9.17) is 0 Å². The molecule has 1 aromatic heterocycles. The predicted octanol–water partition coefficient (Wildman–Crippen LogP) is 2.96. The second-order valence-electron chi connectivity index (χ2n) is 2.86. The lowest BCUT2D eigenvalue weighted by Gasteiger charge is -2.04. The van der Waals surface area contributed by atoms with Crippen molar-refractivity contribution in [2.45, 2.75) is 0 Å². The molecule has 0 radical (unpaired) electrons. The molecule has 1 N–H and O–H groups in total. The average molecular weight is 315 g/mol. The van der Waals surface area contributed by atoms with Gasteiger partial charge in [-0.2, -0.15) is 4.39 Å². The van der Waals surface area contributed by atoms with Crippen molar-refractivity contribution >= 4 is 34.1 Å². The smallest absolute Gasteiger partial charge is 0.218 e. The summed E-state index contributed by atoms with van der Waals surface area (Å²) >= 11 is 2.21. The molecule has 5 heteroatoms. The van der Waals surface area contributed by atoms with Crippen LogP contribution in [0, 0.1) is 9.52 Å². The van der Waals surface area contributed by atoms with E-state index in [-0.39, 0.29) is 0 Å². The van der Waals surface area contributed by atoms with Crippen molar-refractivity contribution in [3.8, 4) is 0 Å². The molecule has 0 bridgehead atoms. The summed E-state index contributed by atoms with van der Waals surface area (Å²) in [4.78, 5) is 7.28. The maximum atomic E-state index is 12.8. The maximum absolute atomic E-state index is 12.8.